The third kappa shape index (κ3) is 2.33. The lowest BCUT2D eigenvalue weighted by molar-refractivity contribution is -0.132. The van der Waals surface area contributed by atoms with Crippen molar-refractivity contribution in [2.24, 2.45) is 11.8 Å². The van der Waals surface area contributed by atoms with E-state index in [2.05, 4.69) is 6.08 Å². The largest absolute Gasteiger partial charge is 0.343 e. The first-order valence-corrected chi connectivity index (χ1v) is 5.16. The van der Waals surface area contributed by atoms with Crippen LogP contribution in [0.25, 0.3) is 0 Å². The minimum absolute atomic E-state index is 0.288. The highest BCUT2D eigenvalue weighted by atomic mass is 16.2. The van der Waals surface area contributed by atoms with Crippen molar-refractivity contribution >= 4 is 5.91 Å². The fourth-order valence-electron chi connectivity index (χ4n) is 1.73. The summed E-state index contributed by atoms with van der Waals surface area (Å²) in [5.41, 5.74) is 0. The first-order valence-electron chi connectivity index (χ1n) is 5.16. The molecule has 1 aliphatic carbocycles. The molecule has 0 N–H and O–H groups in total. The Kier molecular flexibility index (Phi) is 3.52. The van der Waals surface area contributed by atoms with E-state index in [-0.39, 0.29) is 5.92 Å². The molecule has 1 fully saturated rings. The molecule has 0 aromatic rings. The normalized spacial score (nSPS) is 26.4. The molecule has 0 radical (unpaired) electrons. The zero-order valence-electron chi connectivity index (χ0n) is 8.79. The van der Waals surface area contributed by atoms with Crippen LogP contribution in [0.1, 0.15) is 27.2 Å². The zero-order valence-corrected chi connectivity index (χ0v) is 8.79. The predicted molar refractivity (Wildman–Crippen MR) is 54.3 cm³/mol. The van der Waals surface area contributed by atoms with Gasteiger partial charge in [-0.2, -0.15) is 0 Å². The van der Waals surface area contributed by atoms with Crippen LogP contribution in [-0.2, 0) is 4.79 Å². The Morgan fingerprint density at radius 2 is 2.08 bits per heavy atom. The highest BCUT2D eigenvalue weighted by Crippen LogP contribution is 2.40. The van der Waals surface area contributed by atoms with E-state index in [1.807, 2.05) is 31.7 Å². The van der Waals surface area contributed by atoms with Crippen LogP contribution < -0.4 is 0 Å². The van der Waals surface area contributed by atoms with Crippen LogP contribution >= 0.6 is 0 Å². The van der Waals surface area contributed by atoms with Crippen molar-refractivity contribution in [2.45, 2.75) is 27.2 Å². The lowest BCUT2D eigenvalue weighted by atomic mass is 10.2. The van der Waals surface area contributed by atoms with Gasteiger partial charge in [0, 0.05) is 19.0 Å². The van der Waals surface area contributed by atoms with Gasteiger partial charge in [-0.05, 0) is 33.1 Å². The molecule has 0 aliphatic heterocycles. The summed E-state index contributed by atoms with van der Waals surface area (Å²) in [6, 6.07) is 0. The molecule has 0 heterocycles. The molecular formula is C11H19NO. The summed E-state index contributed by atoms with van der Waals surface area (Å²) in [7, 11) is 0. The van der Waals surface area contributed by atoms with Crippen LogP contribution in [-0.4, -0.2) is 23.9 Å². The maximum absolute atomic E-state index is 11.7. The van der Waals surface area contributed by atoms with Gasteiger partial charge in [0.2, 0.25) is 5.91 Å². The summed E-state index contributed by atoms with van der Waals surface area (Å²) < 4.78 is 0. The van der Waals surface area contributed by atoms with E-state index >= 15 is 0 Å². The summed E-state index contributed by atoms with van der Waals surface area (Å²) in [6.45, 7) is 7.77. The Labute approximate surface area is 80.6 Å². The van der Waals surface area contributed by atoms with Gasteiger partial charge in [-0.1, -0.05) is 12.2 Å². The summed E-state index contributed by atoms with van der Waals surface area (Å²) >= 11 is 0. The van der Waals surface area contributed by atoms with E-state index < -0.39 is 0 Å². The number of carbonyl (C=O) groups excluding carboxylic acids is 1. The molecule has 1 saturated carbocycles. The molecule has 0 aromatic heterocycles. The highest BCUT2D eigenvalue weighted by Gasteiger charge is 2.42. The molecule has 1 amide bonds. The lowest BCUT2D eigenvalue weighted by Gasteiger charge is -2.18. The zero-order chi connectivity index (χ0) is 9.84. The third-order valence-electron chi connectivity index (χ3n) is 2.67. The van der Waals surface area contributed by atoms with Crippen LogP contribution in [0.3, 0.4) is 0 Å². The fourth-order valence-corrected chi connectivity index (χ4v) is 1.73. The smallest absolute Gasteiger partial charge is 0.226 e. The van der Waals surface area contributed by atoms with E-state index in [1.165, 1.54) is 0 Å². The maximum Gasteiger partial charge on any atom is 0.226 e. The number of carbonyl (C=O) groups is 1. The average Bonchev–Trinajstić information content (AvgIpc) is 2.87. The first-order chi connectivity index (χ1) is 6.24. The molecule has 0 saturated heterocycles. The molecule has 2 nitrogen and oxygen atoms in total. The second-order valence-corrected chi connectivity index (χ2v) is 3.54. The minimum atomic E-state index is 0.288. The van der Waals surface area contributed by atoms with Crippen molar-refractivity contribution in [1.82, 2.24) is 4.90 Å². The molecule has 0 bridgehead atoms. The average molecular weight is 181 g/mol. The van der Waals surface area contributed by atoms with E-state index in [0.29, 0.717) is 11.8 Å². The Hall–Kier alpha value is -0.790. The Morgan fingerprint density at radius 1 is 1.46 bits per heavy atom. The number of allylic oxidation sites excluding steroid dienone is 2. The van der Waals surface area contributed by atoms with Gasteiger partial charge in [0.15, 0.2) is 0 Å². The van der Waals surface area contributed by atoms with Gasteiger partial charge in [-0.3, -0.25) is 4.79 Å². The Morgan fingerprint density at radius 3 is 2.54 bits per heavy atom. The number of amides is 1. The molecule has 74 valence electrons. The van der Waals surface area contributed by atoms with Gasteiger partial charge in [0.25, 0.3) is 0 Å². The van der Waals surface area contributed by atoms with Crippen molar-refractivity contribution in [3.63, 3.8) is 0 Å². The van der Waals surface area contributed by atoms with Crippen LogP contribution in [0.5, 0.6) is 0 Å². The van der Waals surface area contributed by atoms with E-state index in [0.717, 1.165) is 19.5 Å². The third-order valence-corrected chi connectivity index (χ3v) is 2.67. The monoisotopic (exact) mass is 181 g/mol. The molecule has 0 aromatic carbocycles. The SMILES string of the molecule is C/C=C/[C@H]1C[C@@H]1C(=O)N(CC)CC. The number of hydrogen-bond donors (Lipinski definition) is 0. The molecule has 13 heavy (non-hydrogen) atoms. The van der Waals surface area contributed by atoms with E-state index in [4.69, 9.17) is 0 Å². The van der Waals surface area contributed by atoms with Crippen LogP contribution in [0.15, 0.2) is 12.2 Å². The van der Waals surface area contributed by atoms with Gasteiger partial charge >= 0.3 is 0 Å². The Bertz CT molecular complexity index is 206. The number of rotatable bonds is 4. The van der Waals surface area contributed by atoms with Crippen molar-refractivity contribution < 1.29 is 4.79 Å². The summed E-state index contributed by atoms with van der Waals surface area (Å²) in [5, 5.41) is 0. The fraction of sp³-hybridized carbons (Fsp3) is 0.727. The van der Waals surface area contributed by atoms with Gasteiger partial charge in [-0.25, -0.2) is 0 Å². The molecule has 0 spiro atoms. The minimum Gasteiger partial charge on any atom is -0.343 e. The summed E-state index contributed by atoms with van der Waals surface area (Å²) in [6.07, 6.45) is 5.24. The molecule has 0 unspecified atom stereocenters. The molecule has 2 atom stereocenters. The topological polar surface area (TPSA) is 20.3 Å². The molecule has 1 aliphatic rings. The second kappa shape index (κ2) is 4.45. The standard InChI is InChI=1S/C11H19NO/c1-4-7-9-8-10(9)11(13)12(5-2)6-3/h4,7,9-10H,5-6,8H2,1-3H3/b7-4+/t9-,10-/m0/s1. The van der Waals surface area contributed by atoms with Crippen molar-refractivity contribution in [2.75, 3.05) is 13.1 Å². The van der Waals surface area contributed by atoms with Crippen molar-refractivity contribution in [3.8, 4) is 0 Å². The van der Waals surface area contributed by atoms with E-state index in [1.54, 1.807) is 0 Å². The van der Waals surface area contributed by atoms with Gasteiger partial charge in [0.1, 0.15) is 0 Å². The van der Waals surface area contributed by atoms with Gasteiger partial charge < -0.3 is 4.90 Å². The molecular weight excluding hydrogens is 162 g/mol. The number of hydrogen-bond acceptors (Lipinski definition) is 1. The number of nitrogens with zero attached hydrogens (tertiary/aromatic N) is 1. The lowest BCUT2D eigenvalue weighted by Crippen LogP contribution is -2.32. The highest BCUT2D eigenvalue weighted by molar-refractivity contribution is 5.82. The van der Waals surface area contributed by atoms with Crippen LogP contribution in [0.4, 0.5) is 0 Å². The van der Waals surface area contributed by atoms with Crippen LogP contribution in [0, 0.1) is 11.8 Å². The van der Waals surface area contributed by atoms with Crippen molar-refractivity contribution in [3.05, 3.63) is 12.2 Å². The van der Waals surface area contributed by atoms with Crippen LogP contribution in [0.2, 0.25) is 0 Å². The summed E-state index contributed by atoms with van der Waals surface area (Å²) in [5.74, 6) is 1.15. The second-order valence-electron chi connectivity index (χ2n) is 3.54. The van der Waals surface area contributed by atoms with E-state index in [9.17, 15) is 4.79 Å². The molecule has 1 rings (SSSR count). The summed E-state index contributed by atoms with van der Waals surface area (Å²) in [4.78, 5) is 13.7. The van der Waals surface area contributed by atoms with Gasteiger partial charge in [0.05, 0.1) is 0 Å². The molecule has 2 heteroatoms. The quantitative estimate of drug-likeness (QED) is 0.608. The van der Waals surface area contributed by atoms with Gasteiger partial charge in [-0.15, -0.1) is 0 Å². The Balaban J connectivity index is 2.42. The predicted octanol–water partition coefficient (Wildman–Crippen LogP) is 2.07. The first kappa shape index (κ1) is 10.3. The maximum atomic E-state index is 11.7. The van der Waals surface area contributed by atoms with Crippen molar-refractivity contribution in [1.29, 1.82) is 0 Å².